The van der Waals surface area contributed by atoms with Crippen molar-refractivity contribution in [2.45, 2.75) is 32.4 Å². The molecule has 0 amide bonds. The maximum atomic E-state index is 4.34. The van der Waals surface area contributed by atoms with Crippen molar-refractivity contribution in [2.24, 2.45) is 0 Å². The van der Waals surface area contributed by atoms with E-state index in [9.17, 15) is 0 Å². The maximum Gasteiger partial charge on any atom is 0.0541 e. The molecule has 1 atom stereocenters. The summed E-state index contributed by atoms with van der Waals surface area (Å²) in [5, 5.41) is 3.59. The molecule has 0 bridgehead atoms. The van der Waals surface area contributed by atoms with Gasteiger partial charge in [-0.1, -0.05) is 49.7 Å². The molecule has 0 aliphatic carbocycles. The van der Waals surface area contributed by atoms with Crippen LogP contribution in [0.15, 0.2) is 54.7 Å². The third kappa shape index (κ3) is 5.01. The summed E-state index contributed by atoms with van der Waals surface area (Å²) in [4.78, 5) is 4.34. The third-order valence-corrected chi connectivity index (χ3v) is 3.04. The van der Waals surface area contributed by atoms with E-state index < -0.39 is 0 Å². The van der Waals surface area contributed by atoms with Gasteiger partial charge in [-0.15, -0.1) is 12.4 Å². The fourth-order valence-corrected chi connectivity index (χ4v) is 2.09. The van der Waals surface area contributed by atoms with Crippen LogP contribution in [0.4, 0.5) is 0 Å². The van der Waals surface area contributed by atoms with Gasteiger partial charge in [-0.3, -0.25) is 4.98 Å². The molecule has 2 aromatic rings. The molecule has 1 unspecified atom stereocenters. The molecule has 102 valence electrons. The molecule has 0 radical (unpaired) electrons. The summed E-state index contributed by atoms with van der Waals surface area (Å²) in [6.45, 7) is 3.04. The van der Waals surface area contributed by atoms with Gasteiger partial charge in [-0.2, -0.15) is 0 Å². The first kappa shape index (κ1) is 15.7. The fraction of sp³-hybridized carbons (Fsp3) is 0.312. The van der Waals surface area contributed by atoms with Gasteiger partial charge >= 0.3 is 0 Å². The van der Waals surface area contributed by atoms with E-state index in [-0.39, 0.29) is 12.4 Å². The van der Waals surface area contributed by atoms with Gasteiger partial charge in [0.2, 0.25) is 0 Å². The van der Waals surface area contributed by atoms with Gasteiger partial charge in [-0.05, 0) is 24.1 Å². The molecule has 1 aromatic heterocycles. The van der Waals surface area contributed by atoms with Crippen LogP contribution in [-0.4, -0.2) is 4.98 Å². The second-order valence-electron chi connectivity index (χ2n) is 4.45. The van der Waals surface area contributed by atoms with Gasteiger partial charge in [0.1, 0.15) is 0 Å². The molecule has 0 fully saturated rings. The summed E-state index contributed by atoms with van der Waals surface area (Å²) in [5.41, 5.74) is 2.45. The van der Waals surface area contributed by atoms with E-state index in [0.29, 0.717) is 6.04 Å². The Morgan fingerprint density at radius 2 is 1.79 bits per heavy atom. The number of nitrogens with one attached hydrogen (secondary N) is 1. The molecule has 0 saturated carbocycles. The minimum absolute atomic E-state index is 0. The molecule has 19 heavy (non-hydrogen) atoms. The number of nitrogens with zero attached hydrogens (tertiary/aromatic N) is 1. The predicted molar refractivity (Wildman–Crippen MR) is 82.4 cm³/mol. The molecule has 2 nitrogen and oxygen atoms in total. The van der Waals surface area contributed by atoms with Gasteiger partial charge in [-0.25, -0.2) is 0 Å². The number of rotatable bonds is 6. The molecule has 0 spiro atoms. The second-order valence-corrected chi connectivity index (χ2v) is 4.45. The highest BCUT2D eigenvalue weighted by Gasteiger charge is 2.09. The molecule has 1 aromatic carbocycles. The van der Waals surface area contributed by atoms with Crippen LogP contribution < -0.4 is 5.32 Å². The van der Waals surface area contributed by atoms with Crippen LogP contribution in [0.3, 0.4) is 0 Å². The van der Waals surface area contributed by atoms with Crippen molar-refractivity contribution in [1.29, 1.82) is 0 Å². The Morgan fingerprint density at radius 1 is 1.05 bits per heavy atom. The maximum absolute atomic E-state index is 4.34. The van der Waals surface area contributed by atoms with E-state index >= 15 is 0 Å². The van der Waals surface area contributed by atoms with Crippen LogP contribution in [0.1, 0.15) is 37.1 Å². The number of halogens is 1. The first-order valence-corrected chi connectivity index (χ1v) is 6.58. The molecular weight excluding hydrogens is 256 g/mol. The highest BCUT2D eigenvalue weighted by Crippen LogP contribution is 2.18. The van der Waals surface area contributed by atoms with Crippen LogP contribution in [0.25, 0.3) is 0 Å². The van der Waals surface area contributed by atoms with Crippen molar-refractivity contribution in [1.82, 2.24) is 10.3 Å². The lowest BCUT2D eigenvalue weighted by molar-refractivity contribution is 0.490. The second kappa shape index (κ2) is 8.68. The molecular formula is C16H21ClN2. The first-order valence-electron chi connectivity index (χ1n) is 6.58. The van der Waals surface area contributed by atoms with Gasteiger partial charge in [0.05, 0.1) is 5.69 Å². The lowest BCUT2D eigenvalue weighted by atomic mass is 10.0. The first-order chi connectivity index (χ1) is 8.90. The van der Waals surface area contributed by atoms with Crippen LogP contribution in [0.5, 0.6) is 0 Å². The van der Waals surface area contributed by atoms with E-state index in [1.165, 1.54) is 12.0 Å². The summed E-state index contributed by atoms with van der Waals surface area (Å²) in [6.07, 6.45) is 4.17. The molecule has 1 heterocycles. The average molecular weight is 277 g/mol. The minimum Gasteiger partial charge on any atom is -0.304 e. The topological polar surface area (TPSA) is 24.9 Å². The van der Waals surface area contributed by atoms with Crippen molar-refractivity contribution in [3.63, 3.8) is 0 Å². The highest BCUT2D eigenvalue weighted by atomic mass is 35.5. The number of aromatic nitrogens is 1. The van der Waals surface area contributed by atoms with Gasteiger partial charge in [0.15, 0.2) is 0 Å². The van der Waals surface area contributed by atoms with E-state index in [4.69, 9.17) is 0 Å². The zero-order chi connectivity index (χ0) is 12.6. The van der Waals surface area contributed by atoms with Gasteiger partial charge < -0.3 is 5.32 Å². The predicted octanol–water partition coefficient (Wildman–Crippen LogP) is 4.13. The summed E-state index contributed by atoms with van der Waals surface area (Å²) in [7, 11) is 0. The summed E-state index contributed by atoms with van der Waals surface area (Å²) in [6, 6.07) is 17.1. The van der Waals surface area contributed by atoms with E-state index in [1.54, 1.807) is 0 Å². The fourth-order valence-electron chi connectivity index (χ4n) is 2.09. The summed E-state index contributed by atoms with van der Waals surface area (Å²) >= 11 is 0. The molecule has 3 heteroatoms. The van der Waals surface area contributed by atoms with Crippen LogP contribution in [0.2, 0.25) is 0 Å². The number of benzene rings is 1. The van der Waals surface area contributed by atoms with Crippen molar-refractivity contribution >= 4 is 12.4 Å². The number of hydrogen-bond acceptors (Lipinski definition) is 2. The highest BCUT2D eigenvalue weighted by molar-refractivity contribution is 5.85. The van der Waals surface area contributed by atoms with Crippen molar-refractivity contribution < 1.29 is 0 Å². The Morgan fingerprint density at radius 3 is 2.42 bits per heavy atom. The van der Waals surface area contributed by atoms with Crippen molar-refractivity contribution in [2.75, 3.05) is 0 Å². The minimum atomic E-state index is 0. The quantitative estimate of drug-likeness (QED) is 0.858. The smallest absolute Gasteiger partial charge is 0.0541 e. The van der Waals surface area contributed by atoms with Crippen molar-refractivity contribution in [3.05, 3.63) is 66.0 Å². The average Bonchev–Trinajstić information content (AvgIpc) is 2.45. The number of hydrogen-bond donors (Lipinski definition) is 1. The van der Waals surface area contributed by atoms with Crippen molar-refractivity contribution in [3.8, 4) is 0 Å². The third-order valence-electron chi connectivity index (χ3n) is 3.04. The summed E-state index contributed by atoms with van der Waals surface area (Å²) < 4.78 is 0. The normalized spacial score (nSPS) is 11.6. The van der Waals surface area contributed by atoms with Crippen LogP contribution in [-0.2, 0) is 6.54 Å². The molecule has 1 N–H and O–H groups in total. The standard InChI is InChI=1S/C16H20N2.ClH/c1-2-8-16(14-9-4-3-5-10-14)18-13-15-11-6-7-12-17-15;/h3-7,9-12,16,18H,2,8,13H2,1H3;1H. The van der Waals surface area contributed by atoms with Crippen LogP contribution in [0, 0.1) is 0 Å². The van der Waals surface area contributed by atoms with E-state index in [2.05, 4.69) is 53.6 Å². The lowest BCUT2D eigenvalue weighted by Crippen LogP contribution is -2.21. The Balaban J connectivity index is 0.00000180. The molecule has 2 rings (SSSR count). The zero-order valence-corrected chi connectivity index (χ0v) is 12.1. The summed E-state index contributed by atoms with van der Waals surface area (Å²) in [5.74, 6) is 0. The monoisotopic (exact) mass is 276 g/mol. The van der Waals surface area contributed by atoms with E-state index in [0.717, 1.165) is 18.7 Å². The Kier molecular flexibility index (Phi) is 7.16. The zero-order valence-electron chi connectivity index (χ0n) is 11.3. The lowest BCUT2D eigenvalue weighted by Gasteiger charge is -2.18. The van der Waals surface area contributed by atoms with Crippen LogP contribution >= 0.6 is 12.4 Å². The van der Waals surface area contributed by atoms with E-state index in [1.807, 2.05) is 18.3 Å². The Bertz CT molecular complexity index is 445. The van der Waals surface area contributed by atoms with Gasteiger partial charge in [0.25, 0.3) is 0 Å². The SMILES string of the molecule is CCCC(NCc1ccccn1)c1ccccc1.Cl. The van der Waals surface area contributed by atoms with Gasteiger partial charge in [0, 0.05) is 18.8 Å². The largest absolute Gasteiger partial charge is 0.304 e. The number of pyridine rings is 1. The Hall–Kier alpha value is -1.38. The Labute approximate surface area is 121 Å². The molecule has 0 aliphatic rings. The molecule has 0 aliphatic heterocycles. The molecule has 0 saturated heterocycles.